The van der Waals surface area contributed by atoms with E-state index in [9.17, 15) is 9.90 Å². The number of benzene rings is 2. The number of phenolic OH excluding ortho intramolecular Hbond substituents is 1. The predicted molar refractivity (Wildman–Crippen MR) is 97.2 cm³/mol. The number of hydrazone groups is 1. The molecular formula is C17H12Cl2N4O2. The number of nitrogens with zero attached hydrogens (tertiary/aromatic N) is 2. The number of carbonyl (C=O) groups excluding carboxylic acids is 1. The highest BCUT2D eigenvalue weighted by Crippen LogP contribution is 2.29. The van der Waals surface area contributed by atoms with Crippen molar-refractivity contribution >= 4 is 35.3 Å². The predicted octanol–water partition coefficient (Wildman–Crippen LogP) is 3.85. The number of halogens is 2. The van der Waals surface area contributed by atoms with Gasteiger partial charge in [-0.3, -0.25) is 9.89 Å². The van der Waals surface area contributed by atoms with Gasteiger partial charge in [-0.15, -0.1) is 0 Å². The van der Waals surface area contributed by atoms with Gasteiger partial charge in [-0.25, -0.2) is 5.43 Å². The smallest absolute Gasteiger partial charge is 0.289 e. The molecule has 3 N–H and O–H groups in total. The number of para-hydroxylation sites is 1. The Morgan fingerprint density at radius 2 is 2.00 bits per heavy atom. The van der Waals surface area contributed by atoms with Crippen LogP contribution in [0.25, 0.3) is 11.3 Å². The van der Waals surface area contributed by atoms with Crippen molar-refractivity contribution in [3.63, 3.8) is 0 Å². The van der Waals surface area contributed by atoms with Gasteiger partial charge in [0.1, 0.15) is 11.4 Å². The van der Waals surface area contributed by atoms with Crippen LogP contribution in [0.2, 0.25) is 10.0 Å². The van der Waals surface area contributed by atoms with E-state index in [1.165, 1.54) is 12.3 Å². The highest BCUT2D eigenvalue weighted by atomic mass is 35.5. The van der Waals surface area contributed by atoms with E-state index in [0.717, 1.165) is 0 Å². The third-order valence-corrected chi connectivity index (χ3v) is 3.90. The maximum absolute atomic E-state index is 12.1. The third-order valence-electron chi connectivity index (χ3n) is 3.33. The van der Waals surface area contributed by atoms with Gasteiger partial charge in [0.05, 0.1) is 16.9 Å². The summed E-state index contributed by atoms with van der Waals surface area (Å²) in [5.41, 5.74) is 4.15. The number of nitrogens with one attached hydrogen (secondary N) is 2. The molecule has 0 unspecified atom stereocenters. The van der Waals surface area contributed by atoms with Gasteiger partial charge < -0.3 is 5.11 Å². The molecule has 126 valence electrons. The van der Waals surface area contributed by atoms with Crippen molar-refractivity contribution in [3.8, 4) is 17.0 Å². The van der Waals surface area contributed by atoms with Crippen molar-refractivity contribution in [3.05, 3.63) is 69.8 Å². The summed E-state index contributed by atoms with van der Waals surface area (Å²) in [4.78, 5) is 12.1. The van der Waals surface area contributed by atoms with Crippen LogP contribution in [0.3, 0.4) is 0 Å². The van der Waals surface area contributed by atoms with E-state index < -0.39 is 5.91 Å². The monoisotopic (exact) mass is 374 g/mol. The van der Waals surface area contributed by atoms with Crippen LogP contribution >= 0.6 is 23.2 Å². The van der Waals surface area contributed by atoms with E-state index in [1.807, 2.05) is 0 Å². The minimum absolute atomic E-state index is 0.0694. The average Bonchev–Trinajstić information content (AvgIpc) is 3.08. The summed E-state index contributed by atoms with van der Waals surface area (Å²) in [6, 6.07) is 13.2. The average molecular weight is 375 g/mol. The van der Waals surface area contributed by atoms with Crippen LogP contribution in [0.15, 0.2) is 53.6 Å². The number of rotatable bonds is 4. The molecule has 8 heteroatoms. The number of phenols is 1. The molecule has 0 saturated heterocycles. The summed E-state index contributed by atoms with van der Waals surface area (Å²) >= 11 is 12.1. The first-order chi connectivity index (χ1) is 12.0. The number of H-pyrrole nitrogens is 1. The number of hydrogen-bond acceptors (Lipinski definition) is 4. The number of aromatic amines is 1. The SMILES string of the molecule is O=C(N/N=C/c1ccccc1O)c1cc(-c2cc(Cl)ccc2Cl)n[nH]1. The molecule has 0 saturated carbocycles. The fourth-order valence-electron chi connectivity index (χ4n) is 2.09. The number of carbonyl (C=O) groups is 1. The summed E-state index contributed by atoms with van der Waals surface area (Å²) in [6.45, 7) is 0. The Hall–Kier alpha value is -2.83. The van der Waals surface area contributed by atoms with E-state index in [2.05, 4.69) is 20.7 Å². The molecule has 3 aromatic rings. The highest BCUT2D eigenvalue weighted by molar-refractivity contribution is 6.35. The van der Waals surface area contributed by atoms with E-state index in [-0.39, 0.29) is 11.4 Å². The number of amides is 1. The zero-order chi connectivity index (χ0) is 17.8. The van der Waals surface area contributed by atoms with E-state index in [1.54, 1.807) is 42.5 Å². The summed E-state index contributed by atoms with van der Waals surface area (Å²) < 4.78 is 0. The maximum Gasteiger partial charge on any atom is 0.289 e. The van der Waals surface area contributed by atoms with E-state index in [0.29, 0.717) is 26.9 Å². The molecule has 0 bridgehead atoms. The van der Waals surface area contributed by atoms with Crippen molar-refractivity contribution in [2.24, 2.45) is 5.10 Å². The quantitative estimate of drug-likeness (QED) is 0.478. The second kappa shape index (κ2) is 7.38. The second-order valence-electron chi connectivity index (χ2n) is 5.05. The Morgan fingerprint density at radius 1 is 1.20 bits per heavy atom. The number of aromatic hydroxyl groups is 1. The first kappa shape index (κ1) is 17.0. The topological polar surface area (TPSA) is 90.4 Å². The molecule has 0 aliphatic rings. The molecule has 0 aliphatic carbocycles. The van der Waals surface area contributed by atoms with Crippen LogP contribution < -0.4 is 5.43 Å². The molecule has 0 radical (unpaired) electrons. The zero-order valence-electron chi connectivity index (χ0n) is 12.7. The Morgan fingerprint density at radius 3 is 2.80 bits per heavy atom. The van der Waals surface area contributed by atoms with Gasteiger partial charge in [0, 0.05) is 16.1 Å². The normalized spacial score (nSPS) is 11.0. The molecule has 0 aliphatic heterocycles. The largest absolute Gasteiger partial charge is 0.507 e. The number of aromatic nitrogens is 2. The fraction of sp³-hybridized carbons (Fsp3) is 0. The standard InChI is InChI=1S/C17H12Cl2N4O2/c18-11-5-6-13(19)12(7-11)14-8-15(22-21-14)17(25)23-20-9-10-3-1-2-4-16(10)24/h1-9,24H,(H,21,22)(H,23,25)/b20-9+. The van der Waals surface area contributed by atoms with Gasteiger partial charge >= 0.3 is 0 Å². The Labute approximate surface area is 153 Å². The van der Waals surface area contributed by atoms with Crippen molar-refractivity contribution in [2.75, 3.05) is 0 Å². The van der Waals surface area contributed by atoms with Crippen LogP contribution in [-0.2, 0) is 0 Å². The molecule has 2 aromatic carbocycles. The summed E-state index contributed by atoms with van der Waals surface area (Å²) in [5.74, 6) is -0.413. The Kier molecular flexibility index (Phi) is 5.02. The molecule has 0 atom stereocenters. The molecule has 25 heavy (non-hydrogen) atoms. The summed E-state index contributed by atoms with van der Waals surface area (Å²) in [6.07, 6.45) is 1.35. The highest BCUT2D eigenvalue weighted by Gasteiger charge is 2.13. The van der Waals surface area contributed by atoms with Gasteiger partial charge in [0.2, 0.25) is 0 Å². The molecule has 1 aromatic heterocycles. The van der Waals surface area contributed by atoms with Gasteiger partial charge in [0.25, 0.3) is 5.91 Å². The van der Waals surface area contributed by atoms with Gasteiger partial charge in [-0.2, -0.15) is 10.2 Å². The van der Waals surface area contributed by atoms with Crippen LogP contribution in [0, 0.1) is 0 Å². The Balaban J connectivity index is 1.73. The molecule has 0 fully saturated rings. The minimum atomic E-state index is -0.483. The fourth-order valence-corrected chi connectivity index (χ4v) is 2.47. The van der Waals surface area contributed by atoms with Crippen molar-refractivity contribution in [1.29, 1.82) is 0 Å². The lowest BCUT2D eigenvalue weighted by atomic mass is 10.1. The molecular weight excluding hydrogens is 363 g/mol. The number of hydrogen-bond donors (Lipinski definition) is 3. The molecule has 1 heterocycles. The first-order valence-corrected chi connectivity index (χ1v) is 7.92. The van der Waals surface area contributed by atoms with Crippen molar-refractivity contribution in [2.45, 2.75) is 0 Å². The second-order valence-corrected chi connectivity index (χ2v) is 5.89. The zero-order valence-corrected chi connectivity index (χ0v) is 14.2. The first-order valence-electron chi connectivity index (χ1n) is 7.17. The van der Waals surface area contributed by atoms with Gasteiger partial charge in [-0.05, 0) is 36.4 Å². The van der Waals surface area contributed by atoms with Gasteiger partial charge in [-0.1, -0.05) is 35.3 Å². The minimum Gasteiger partial charge on any atom is -0.507 e. The van der Waals surface area contributed by atoms with Crippen LogP contribution in [0.4, 0.5) is 0 Å². The van der Waals surface area contributed by atoms with E-state index in [4.69, 9.17) is 23.2 Å². The van der Waals surface area contributed by atoms with Crippen molar-refractivity contribution < 1.29 is 9.90 Å². The lowest BCUT2D eigenvalue weighted by Gasteiger charge is -2.00. The molecule has 0 spiro atoms. The van der Waals surface area contributed by atoms with Crippen molar-refractivity contribution in [1.82, 2.24) is 15.6 Å². The molecule has 1 amide bonds. The molecule has 3 rings (SSSR count). The summed E-state index contributed by atoms with van der Waals surface area (Å²) in [7, 11) is 0. The Bertz CT molecular complexity index is 953. The lowest BCUT2D eigenvalue weighted by Crippen LogP contribution is -2.18. The van der Waals surface area contributed by atoms with Crippen LogP contribution in [0.1, 0.15) is 16.1 Å². The molecule has 6 nitrogen and oxygen atoms in total. The van der Waals surface area contributed by atoms with Gasteiger partial charge in [0.15, 0.2) is 0 Å². The third kappa shape index (κ3) is 3.99. The van der Waals surface area contributed by atoms with Crippen LogP contribution in [-0.4, -0.2) is 27.4 Å². The summed E-state index contributed by atoms with van der Waals surface area (Å²) in [5, 5.41) is 21.1. The maximum atomic E-state index is 12.1. The lowest BCUT2D eigenvalue weighted by molar-refractivity contribution is 0.0950. The van der Waals surface area contributed by atoms with E-state index >= 15 is 0 Å². The van der Waals surface area contributed by atoms with Crippen LogP contribution in [0.5, 0.6) is 5.75 Å².